The average Bonchev–Trinajstić information content (AvgIpc) is 2.63. The van der Waals surface area contributed by atoms with Crippen molar-refractivity contribution in [3.63, 3.8) is 0 Å². The van der Waals surface area contributed by atoms with E-state index in [4.69, 9.17) is 16.9 Å². The Morgan fingerprint density at radius 3 is 2.54 bits per heavy atom. The normalized spacial score (nSPS) is 16.3. The molecule has 2 aromatic rings. The van der Waals surface area contributed by atoms with Gasteiger partial charge >= 0.3 is 6.03 Å². The molecule has 1 aliphatic heterocycles. The van der Waals surface area contributed by atoms with E-state index in [1.165, 1.54) is 0 Å². The number of benzene rings is 2. The van der Waals surface area contributed by atoms with Gasteiger partial charge in [0.1, 0.15) is 0 Å². The Hall–Kier alpha value is -3.30. The van der Waals surface area contributed by atoms with Crippen molar-refractivity contribution in [2.45, 2.75) is 13.0 Å². The Labute approximate surface area is 155 Å². The number of anilines is 1. The van der Waals surface area contributed by atoms with Crippen LogP contribution in [0.15, 0.2) is 59.8 Å². The third kappa shape index (κ3) is 3.53. The van der Waals surface area contributed by atoms with Crippen molar-refractivity contribution in [2.24, 2.45) is 0 Å². The molecule has 0 fully saturated rings. The summed E-state index contributed by atoms with van der Waals surface area (Å²) >= 11 is 6.11. The van der Waals surface area contributed by atoms with Gasteiger partial charge in [0.15, 0.2) is 0 Å². The number of nitriles is 1. The summed E-state index contributed by atoms with van der Waals surface area (Å²) in [6.07, 6.45) is 0. The van der Waals surface area contributed by atoms with Crippen molar-refractivity contribution < 1.29 is 9.59 Å². The van der Waals surface area contributed by atoms with Crippen LogP contribution in [0, 0.1) is 11.3 Å². The van der Waals surface area contributed by atoms with Gasteiger partial charge in [0.25, 0.3) is 5.91 Å². The number of nitrogens with zero attached hydrogens (tertiary/aromatic N) is 1. The smallest absolute Gasteiger partial charge is 0.319 e. The summed E-state index contributed by atoms with van der Waals surface area (Å²) in [5.74, 6) is -0.377. The zero-order valence-electron chi connectivity index (χ0n) is 13.8. The highest BCUT2D eigenvalue weighted by Gasteiger charge is 2.31. The zero-order valence-corrected chi connectivity index (χ0v) is 14.6. The van der Waals surface area contributed by atoms with Crippen LogP contribution in [-0.2, 0) is 4.79 Å². The van der Waals surface area contributed by atoms with E-state index in [1.54, 1.807) is 55.5 Å². The van der Waals surface area contributed by atoms with Crippen LogP contribution in [0.5, 0.6) is 0 Å². The summed E-state index contributed by atoms with van der Waals surface area (Å²) in [7, 11) is 0. The highest BCUT2D eigenvalue weighted by molar-refractivity contribution is 6.33. The van der Waals surface area contributed by atoms with Gasteiger partial charge in [-0.3, -0.25) is 4.79 Å². The molecule has 0 radical (unpaired) electrons. The highest BCUT2D eigenvalue weighted by Crippen LogP contribution is 2.29. The first kappa shape index (κ1) is 17.5. The van der Waals surface area contributed by atoms with Crippen LogP contribution in [0.4, 0.5) is 10.5 Å². The topological polar surface area (TPSA) is 94.0 Å². The van der Waals surface area contributed by atoms with Crippen molar-refractivity contribution in [1.82, 2.24) is 10.6 Å². The predicted molar refractivity (Wildman–Crippen MR) is 98.3 cm³/mol. The second-order valence-corrected chi connectivity index (χ2v) is 6.15. The fraction of sp³-hybridized carbons (Fsp3) is 0.105. The minimum Gasteiger partial charge on any atom is -0.327 e. The second-order valence-electron chi connectivity index (χ2n) is 5.74. The Morgan fingerprint density at radius 2 is 1.88 bits per heavy atom. The lowest BCUT2D eigenvalue weighted by atomic mass is 9.94. The Morgan fingerprint density at radius 1 is 1.19 bits per heavy atom. The first-order valence-electron chi connectivity index (χ1n) is 7.84. The molecule has 0 aromatic heterocycles. The van der Waals surface area contributed by atoms with E-state index in [9.17, 15) is 9.59 Å². The maximum absolute atomic E-state index is 12.9. The number of nitrogens with one attached hydrogen (secondary N) is 3. The van der Waals surface area contributed by atoms with Gasteiger partial charge in [-0.2, -0.15) is 5.26 Å². The summed E-state index contributed by atoms with van der Waals surface area (Å²) in [5.41, 5.74) is 2.50. The summed E-state index contributed by atoms with van der Waals surface area (Å²) < 4.78 is 0. The number of hydrogen-bond donors (Lipinski definition) is 3. The number of amides is 3. The number of hydrogen-bond acceptors (Lipinski definition) is 3. The number of carbonyl (C=O) groups excluding carboxylic acids is 2. The summed E-state index contributed by atoms with van der Waals surface area (Å²) in [6, 6.07) is 14.6. The summed E-state index contributed by atoms with van der Waals surface area (Å²) in [5, 5.41) is 17.5. The van der Waals surface area contributed by atoms with Crippen LogP contribution in [0.2, 0.25) is 5.02 Å². The van der Waals surface area contributed by atoms with Crippen LogP contribution in [0.3, 0.4) is 0 Å². The number of carbonyl (C=O) groups is 2. The van der Waals surface area contributed by atoms with Gasteiger partial charge in [-0.25, -0.2) is 4.79 Å². The van der Waals surface area contributed by atoms with Gasteiger partial charge in [-0.05, 0) is 36.8 Å². The van der Waals surface area contributed by atoms with Crippen molar-refractivity contribution in [2.75, 3.05) is 5.32 Å². The summed E-state index contributed by atoms with van der Waals surface area (Å²) in [6.45, 7) is 1.66. The maximum atomic E-state index is 12.9. The molecular weight excluding hydrogens is 352 g/mol. The molecule has 0 unspecified atom stereocenters. The zero-order chi connectivity index (χ0) is 18.7. The largest absolute Gasteiger partial charge is 0.327 e. The van der Waals surface area contributed by atoms with E-state index in [0.29, 0.717) is 33.1 Å². The van der Waals surface area contributed by atoms with Gasteiger partial charge in [-0.1, -0.05) is 35.9 Å². The van der Waals surface area contributed by atoms with E-state index in [0.717, 1.165) is 0 Å². The van der Waals surface area contributed by atoms with Gasteiger partial charge in [0, 0.05) is 5.70 Å². The first-order chi connectivity index (χ1) is 12.5. The molecule has 0 aliphatic carbocycles. The molecule has 3 rings (SSSR count). The van der Waals surface area contributed by atoms with Crippen molar-refractivity contribution in [3.8, 4) is 6.07 Å². The lowest BCUT2D eigenvalue weighted by Crippen LogP contribution is -2.46. The fourth-order valence-corrected chi connectivity index (χ4v) is 2.93. The molecule has 3 amide bonds. The van der Waals surface area contributed by atoms with Gasteiger partial charge in [0.2, 0.25) is 0 Å². The van der Waals surface area contributed by atoms with Crippen LogP contribution >= 0.6 is 11.6 Å². The molecule has 3 N–H and O–H groups in total. The van der Waals surface area contributed by atoms with E-state index >= 15 is 0 Å². The quantitative estimate of drug-likeness (QED) is 0.776. The lowest BCUT2D eigenvalue weighted by molar-refractivity contribution is -0.113. The molecule has 0 bridgehead atoms. The predicted octanol–water partition coefficient (Wildman–Crippen LogP) is 3.48. The van der Waals surface area contributed by atoms with Crippen molar-refractivity contribution >= 4 is 29.2 Å². The number of urea groups is 1. The molecule has 2 aromatic carbocycles. The SMILES string of the molecule is CC1=C(C(=O)Nc2ccccc2Cl)[C@@H](c2ccc(C#N)cc2)NC(=O)N1. The van der Waals surface area contributed by atoms with Crippen molar-refractivity contribution in [3.05, 3.63) is 76.0 Å². The van der Waals surface area contributed by atoms with E-state index < -0.39 is 12.1 Å². The minimum atomic E-state index is -0.640. The number of para-hydroxylation sites is 1. The van der Waals surface area contributed by atoms with Crippen LogP contribution in [0.1, 0.15) is 24.1 Å². The second kappa shape index (κ2) is 7.30. The van der Waals surface area contributed by atoms with Gasteiger partial charge < -0.3 is 16.0 Å². The lowest BCUT2D eigenvalue weighted by Gasteiger charge is -2.28. The standard InChI is InChI=1S/C19H15ClN4O2/c1-11-16(18(25)23-15-5-3-2-4-14(15)20)17(24-19(26)22-11)13-8-6-12(10-21)7-9-13/h2-9,17H,1H3,(H,23,25)(H2,22,24,26)/t17-/m1/s1. The Bertz CT molecular complexity index is 945. The van der Waals surface area contributed by atoms with E-state index in [-0.39, 0.29) is 5.91 Å². The molecule has 1 aliphatic rings. The molecule has 0 saturated carbocycles. The molecule has 130 valence electrons. The monoisotopic (exact) mass is 366 g/mol. The van der Waals surface area contributed by atoms with Gasteiger partial charge in [0.05, 0.1) is 34.0 Å². The Kier molecular flexibility index (Phi) is 4.92. The van der Waals surface area contributed by atoms with E-state index in [2.05, 4.69) is 16.0 Å². The van der Waals surface area contributed by atoms with Crippen LogP contribution in [0.25, 0.3) is 0 Å². The van der Waals surface area contributed by atoms with Crippen LogP contribution in [-0.4, -0.2) is 11.9 Å². The fourth-order valence-electron chi connectivity index (χ4n) is 2.75. The molecule has 6 nitrogen and oxygen atoms in total. The van der Waals surface area contributed by atoms with E-state index in [1.807, 2.05) is 6.07 Å². The first-order valence-corrected chi connectivity index (χ1v) is 8.21. The number of halogens is 1. The molecule has 1 atom stereocenters. The molecule has 7 heteroatoms. The summed E-state index contributed by atoms with van der Waals surface area (Å²) in [4.78, 5) is 24.8. The third-order valence-corrected chi connectivity index (χ3v) is 4.34. The number of allylic oxidation sites excluding steroid dienone is 1. The maximum Gasteiger partial charge on any atom is 0.319 e. The van der Waals surface area contributed by atoms with Gasteiger partial charge in [-0.15, -0.1) is 0 Å². The van der Waals surface area contributed by atoms with Crippen molar-refractivity contribution in [1.29, 1.82) is 5.26 Å². The molecule has 0 spiro atoms. The molecule has 26 heavy (non-hydrogen) atoms. The average molecular weight is 367 g/mol. The van der Waals surface area contributed by atoms with Crippen LogP contribution < -0.4 is 16.0 Å². The minimum absolute atomic E-state index is 0.370. The highest BCUT2D eigenvalue weighted by atomic mass is 35.5. The Balaban J connectivity index is 1.96. The number of rotatable bonds is 3. The molecular formula is C19H15ClN4O2. The molecule has 0 saturated heterocycles. The molecule has 1 heterocycles. The third-order valence-electron chi connectivity index (χ3n) is 4.01.